The van der Waals surface area contributed by atoms with Crippen LogP contribution in [0.15, 0.2) is 41.0 Å². The number of hydrazine groups is 1. The van der Waals surface area contributed by atoms with Gasteiger partial charge in [-0.1, -0.05) is 30.3 Å². The molecule has 1 fully saturated rings. The van der Waals surface area contributed by atoms with Crippen molar-refractivity contribution in [1.82, 2.24) is 14.8 Å². The topological polar surface area (TPSA) is 83.4 Å². The quantitative estimate of drug-likeness (QED) is 0.578. The van der Waals surface area contributed by atoms with Crippen LogP contribution in [0.25, 0.3) is 5.70 Å². The molecule has 0 bridgehead atoms. The van der Waals surface area contributed by atoms with E-state index in [1.807, 2.05) is 44.2 Å². The smallest absolute Gasteiger partial charge is 0.334 e. The van der Waals surface area contributed by atoms with Gasteiger partial charge in [0.15, 0.2) is 12.4 Å². The lowest BCUT2D eigenvalue weighted by Gasteiger charge is -2.39. The van der Waals surface area contributed by atoms with E-state index in [2.05, 4.69) is 9.89 Å². The number of nitrogens with two attached hydrogens (primary N) is 1. The fourth-order valence-corrected chi connectivity index (χ4v) is 4.12. The number of hydrogen-bond donors (Lipinski definition) is 1. The molecule has 1 aromatic carbocycles. The maximum atomic E-state index is 13.2. The Kier molecular flexibility index (Phi) is 5.50. The predicted molar refractivity (Wildman–Crippen MR) is 109 cm³/mol. The minimum atomic E-state index is -2.48. The molecule has 3 aliphatic heterocycles. The fraction of sp³-hybridized carbons (Fsp3) is 0.500. The summed E-state index contributed by atoms with van der Waals surface area (Å²) < 4.78 is 31.4. The summed E-state index contributed by atoms with van der Waals surface area (Å²) in [5.74, 6) is 0.485. The van der Waals surface area contributed by atoms with Crippen LogP contribution in [0.1, 0.15) is 25.8 Å². The predicted octanol–water partition coefficient (Wildman–Crippen LogP) is 1.85. The Morgan fingerprint density at radius 3 is 2.53 bits per heavy atom. The Morgan fingerprint density at radius 2 is 1.90 bits per heavy atom. The Labute approximate surface area is 174 Å². The highest BCUT2D eigenvalue weighted by Gasteiger charge is 2.46. The normalized spacial score (nSPS) is 24.7. The molecule has 3 heterocycles. The number of benzene rings is 1. The summed E-state index contributed by atoms with van der Waals surface area (Å²) >= 11 is 0. The number of morpholine rings is 1. The van der Waals surface area contributed by atoms with Gasteiger partial charge in [-0.05, 0) is 13.8 Å². The van der Waals surface area contributed by atoms with Gasteiger partial charge in [-0.15, -0.1) is 0 Å². The minimum absolute atomic E-state index is 0.0352. The molecule has 0 aromatic heterocycles. The van der Waals surface area contributed by atoms with Crippen molar-refractivity contribution in [3.63, 3.8) is 0 Å². The molecule has 10 heteroatoms. The molecular weight excluding hydrogens is 394 g/mol. The highest BCUT2D eigenvalue weighted by molar-refractivity contribution is 6.14. The van der Waals surface area contributed by atoms with Gasteiger partial charge in [-0.25, -0.2) is 13.8 Å². The second-order valence-electron chi connectivity index (χ2n) is 7.77. The van der Waals surface area contributed by atoms with Crippen molar-refractivity contribution < 1.29 is 18.4 Å². The van der Waals surface area contributed by atoms with E-state index in [9.17, 15) is 14.0 Å². The molecule has 0 aliphatic carbocycles. The van der Waals surface area contributed by atoms with Gasteiger partial charge in [0.25, 0.3) is 5.96 Å². The molecule has 2 N–H and O–H groups in total. The van der Waals surface area contributed by atoms with E-state index in [1.54, 1.807) is 4.90 Å². The van der Waals surface area contributed by atoms with Crippen LogP contribution in [0.5, 0.6) is 0 Å². The molecule has 1 aromatic rings. The number of guanidine groups is 1. The highest BCUT2D eigenvalue weighted by Crippen LogP contribution is 2.32. The summed E-state index contributed by atoms with van der Waals surface area (Å²) in [6.45, 7) is 5.13. The zero-order chi connectivity index (χ0) is 21.4. The summed E-state index contributed by atoms with van der Waals surface area (Å²) in [4.78, 5) is 8.98. The molecule has 2 atom stereocenters. The van der Waals surface area contributed by atoms with E-state index >= 15 is 0 Å². The number of halogens is 2. The average Bonchev–Trinajstić information content (AvgIpc) is 3.03. The van der Waals surface area contributed by atoms with Crippen molar-refractivity contribution in [2.75, 3.05) is 26.3 Å². The lowest BCUT2D eigenvalue weighted by Crippen LogP contribution is -2.52. The van der Waals surface area contributed by atoms with Gasteiger partial charge in [0.1, 0.15) is 5.70 Å². The van der Waals surface area contributed by atoms with Crippen LogP contribution in [0.2, 0.25) is 0 Å². The summed E-state index contributed by atoms with van der Waals surface area (Å²) in [7, 11) is 0. The summed E-state index contributed by atoms with van der Waals surface area (Å²) in [5, 5.41) is 14.5. The van der Waals surface area contributed by atoms with E-state index in [0.717, 1.165) is 5.56 Å². The second-order valence-corrected chi connectivity index (χ2v) is 7.77. The van der Waals surface area contributed by atoms with Crippen molar-refractivity contribution in [1.29, 1.82) is 0 Å². The van der Waals surface area contributed by atoms with Crippen molar-refractivity contribution in [2.45, 2.75) is 38.9 Å². The fourth-order valence-electron chi connectivity index (χ4n) is 4.12. The van der Waals surface area contributed by atoms with Crippen LogP contribution in [0, 0.1) is 5.21 Å². The first-order valence-electron chi connectivity index (χ1n) is 10.0. The molecule has 30 heavy (non-hydrogen) atoms. The lowest BCUT2D eigenvalue weighted by molar-refractivity contribution is -0.627. The lowest BCUT2D eigenvalue weighted by atomic mass is 10.1. The third-order valence-electron chi connectivity index (χ3n) is 5.33. The standard InChI is InChI=1S/C20H26F2N6O2/c1-13-10-25(11-14(2)30-13)18-17(15-6-4-3-5-7-15)24-20(23)27-12-26(9-8-16(21)22)28(29)19(18)27/h3-7,13-14,16H,8-12H2,1-2H3,(H2,23,24). The van der Waals surface area contributed by atoms with Crippen molar-refractivity contribution in [3.8, 4) is 0 Å². The van der Waals surface area contributed by atoms with Gasteiger partial charge < -0.3 is 20.6 Å². The largest absolute Gasteiger partial charge is 0.692 e. The van der Waals surface area contributed by atoms with Gasteiger partial charge in [0.05, 0.1) is 18.8 Å². The first kappa shape index (κ1) is 20.4. The van der Waals surface area contributed by atoms with Crippen LogP contribution in [-0.4, -0.2) is 76.4 Å². The molecule has 0 saturated carbocycles. The molecule has 3 aliphatic rings. The Morgan fingerprint density at radius 1 is 1.23 bits per heavy atom. The van der Waals surface area contributed by atoms with Crippen molar-refractivity contribution >= 4 is 17.5 Å². The van der Waals surface area contributed by atoms with Crippen LogP contribution in [0.4, 0.5) is 8.78 Å². The van der Waals surface area contributed by atoms with E-state index in [4.69, 9.17) is 10.5 Å². The van der Waals surface area contributed by atoms with Crippen molar-refractivity contribution in [3.05, 3.63) is 46.8 Å². The maximum Gasteiger partial charge on any atom is 0.334 e. The number of hydrogen-bond acceptors (Lipinski definition) is 7. The summed E-state index contributed by atoms with van der Waals surface area (Å²) in [6, 6.07) is 9.51. The molecule has 1 saturated heterocycles. The second kappa shape index (κ2) is 8.10. The molecule has 162 valence electrons. The molecule has 2 unspecified atom stereocenters. The molecule has 8 nitrogen and oxygen atoms in total. The van der Waals surface area contributed by atoms with E-state index < -0.39 is 12.8 Å². The maximum absolute atomic E-state index is 13.2. The van der Waals surface area contributed by atoms with Crippen LogP contribution < -0.4 is 5.73 Å². The Hall–Kier alpha value is -2.88. The number of rotatable bonds is 5. The average molecular weight is 420 g/mol. The number of fused-ring (bicyclic) bond motifs is 1. The monoisotopic (exact) mass is 420 g/mol. The minimum Gasteiger partial charge on any atom is -0.692 e. The number of aliphatic imine (C=N–C) groups is 1. The van der Waals surface area contributed by atoms with E-state index in [0.29, 0.717) is 35.2 Å². The highest BCUT2D eigenvalue weighted by atomic mass is 19.3. The number of hydrazone groups is 1. The number of nitrogens with zero attached hydrogens (tertiary/aromatic N) is 5. The SMILES string of the molecule is CC1CN(C2=C(c3ccccc3)N=C(N)N3CN(CCC(F)F)[N+]([O-])=C23)CC(C)O1. The van der Waals surface area contributed by atoms with E-state index in [1.165, 1.54) is 5.01 Å². The number of ether oxygens (including phenoxy) is 1. The van der Waals surface area contributed by atoms with Crippen LogP contribution in [-0.2, 0) is 4.74 Å². The van der Waals surface area contributed by atoms with Gasteiger partial charge in [-0.2, -0.15) is 14.7 Å². The molecular formula is C20H26F2N6O2. The third kappa shape index (κ3) is 3.79. The van der Waals surface area contributed by atoms with Crippen molar-refractivity contribution in [2.24, 2.45) is 10.7 Å². The van der Waals surface area contributed by atoms with Gasteiger partial charge in [-0.3, -0.25) is 0 Å². The summed E-state index contributed by atoms with van der Waals surface area (Å²) in [6.07, 6.45) is -2.95. The molecule has 0 radical (unpaired) electrons. The summed E-state index contributed by atoms with van der Waals surface area (Å²) in [5.41, 5.74) is 8.28. The first-order chi connectivity index (χ1) is 14.3. The Bertz CT molecular complexity index is 879. The van der Waals surface area contributed by atoms with Gasteiger partial charge in [0, 0.05) is 25.1 Å². The zero-order valence-corrected chi connectivity index (χ0v) is 17.0. The molecule has 4 rings (SSSR count). The van der Waals surface area contributed by atoms with Crippen LogP contribution in [0.3, 0.4) is 0 Å². The van der Waals surface area contributed by atoms with E-state index in [-0.39, 0.29) is 31.4 Å². The zero-order valence-electron chi connectivity index (χ0n) is 17.0. The molecule has 0 spiro atoms. The van der Waals surface area contributed by atoms with Crippen LogP contribution >= 0.6 is 0 Å². The third-order valence-corrected chi connectivity index (χ3v) is 5.33. The van der Waals surface area contributed by atoms with Gasteiger partial charge >= 0.3 is 5.84 Å². The van der Waals surface area contributed by atoms with Gasteiger partial charge in [0.2, 0.25) is 6.43 Å². The number of amidine groups is 1. The Balaban J connectivity index is 1.83. The number of alkyl halides is 2. The first-order valence-corrected chi connectivity index (χ1v) is 10.0. The molecule has 0 amide bonds.